The fourth-order valence-electron chi connectivity index (χ4n) is 3.05. The van der Waals surface area contributed by atoms with Gasteiger partial charge in [-0.3, -0.25) is 9.69 Å². The second-order valence-electron chi connectivity index (χ2n) is 6.15. The third kappa shape index (κ3) is 3.99. The molecule has 0 bridgehead atoms. The van der Waals surface area contributed by atoms with E-state index in [0.29, 0.717) is 44.5 Å². The Morgan fingerprint density at radius 2 is 1.65 bits per heavy atom. The lowest BCUT2D eigenvalue weighted by atomic mass is 10.1. The second kappa shape index (κ2) is 7.78. The van der Waals surface area contributed by atoms with Gasteiger partial charge in [0, 0.05) is 44.4 Å². The molecule has 0 spiro atoms. The number of carbonyl (C=O) groups is 1. The fourth-order valence-corrected chi connectivity index (χ4v) is 3.05. The number of rotatable bonds is 4. The van der Waals surface area contributed by atoms with Crippen molar-refractivity contribution in [3.05, 3.63) is 65.0 Å². The molecule has 0 aliphatic carbocycles. The van der Waals surface area contributed by atoms with Crippen molar-refractivity contribution in [2.45, 2.75) is 6.54 Å². The van der Waals surface area contributed by atoms with Crippen molar-refractivity contribution in [3.63, 3.8) is 0 Å². The van der Waals surface area contributed by atoms with E-state index < -0.39 is 17.5 Å². The molecule has 138 valence electrons. The van der Waals surface area contributed by atoms with Crippen molar-refractivity contribution in [1.29, 1.82) is 0 Å². The summed E-state index contributed by atoms with van der Waals surface area (Å²) < 4.78 is 45.5. The van der Waals surface area contributed by atoms with E-state index in [2.05, 4.69) is 4.90 Å². The monoisotopic (exact) mass is 364 g/mol. The van der Waals surface area contributed by atoms with Crippen LogP contribution in [0.1, 0.15) is 15.9 Å². The molecule has 1 heterocycles. The topological polar surface area (TPSA) is 32.8 Å². The quantitative estimate of drug-likeness (QED) is 0.836. The minimum absolute atomic E-state index is 0.133. The van der Waals surface area contributed by atoms with Gasteiger partial charge in [-0.25, -0.2) is 13.2 Å². The van der Waals surface area contributed by atoms with Crippen LogP contribution in [0, 0.1) is 17.5 Å². The summed E-state index contributed by atoms with van der Waals surface area (Å²) in [5.74, 6) is -1.75. The number of halogens is 3. The summed E-state index contributed by atoms with van der Waals surface area (Å²) >= 11 is 0. The highest BCUT2D eigenvalue weighted by Crippen LogP contribution is 2.22. The molecule has 0 N–H and O–H groups in total. The van der Waals surface area contributed by atoms with E-state index in [1.807, 2.05) is 0 Å². The third-order valence-corrected chi connectivity index (χ3v) is 4.46. The summed E-state index contributed by atoms with van der Waals surface area (Å²) in [6.45, 7) is 2.44. The van der Waals surface area contributed by atoms with Crippen LogP contribution in [0.4, 0.5) is 13.2 Å². The number of ether oxygens (including phenoxy) is 1. The summed E-state index contributed by atoms with van der Waals surface area (Å²) in [5.41, 5.74) is 0.600. The summed E-state index contributed by atoms with van der Waals surface area (Å²) in [6, 6.07) is 7.31. The number of benzene rings is 2. The predicted octanol–water partition coefficient (Wildman–Crippen LogP) is 3.07. The summed E-state index contributed by atoms with van der Waals surface area (Å²) in [4.78, 5) is 16.0. The highest BCUT2D eigenvalue weighted by molar-refractivity contribution is 5.94. The maximum atomic E-state index is 13.8. The molecule has 0 radical (unpaired) electrons. The van der Waals surface area contributed by atoms with Gasteiger partial charge in [0.1, 0.15) is 23.2 Å². The van der Waals surface area contributed by atoms with Crippen molar-refractivity contribution in [1.82, 2.24) is 9.80 Å². The smallest absolute Gasteiger partial charge is 0.256 e. The van der Waals surface area contributed by atoms with Crippen molar-refractivity contribution in [2.24, 2.45) is 0 Å². The highest BCUT2D eigenvalue weighted by Gasteiger charge is 2.24. The minimum Gasteiger partial charge on any atom is -0.496 e. The average Bonchev–Trinajstić information content (AvgIpc) is 2.62. The molecule has 3 rings (SSSR count). The van der Waals surface area contributed by atoms with Gasteiger partial charge in [0.2, 0.25) is 0 Å². The lowest BCUT2D eigenvalue weighted by Crippen LogP contribution is -2.48. The molecule has 1 aliphatic rings. The van der Waals surface area contributed by atoms with Crippen molar-refractivity contribution >= 4 is 5.91 Å². The Kier molecular flexibility index (Phi) is 5.46. The van der Waals surface area contributed by atoms with E-state index in [9.17, 15) is 18.0 Å². The second-order valence-corrected chi connectivity index (χ2v) is 6.15. The van der Waals surface area contributed by atoms with E-state index in [1.165, 1.54) is 24.1 Å². The van der Waals surface area contributed by atoms with Crippen LogP contribution >= 0.6 is 0 Å². The standard InChI is InChI=1S/C19H19F3N2O2/c1-26-18-5-3-14(20)10-13(18)12-23-6-8-24(9-7-23)19(25)16-4-2-15(21)11-17(16)22/h2-5,10-11H,6-9,12H2,1H3. The molecule has 0 unspecified atom stereocenters. The SMILES string of the molecule is COc1ccc(F)cc1CN1CCN(C(=O)c2ccc(F)cc2F)CC1. The molecule has 2 aromatic carbocycles. The van der Waals surface area contributed by atoms with Crippen LogP contribution in [0.15, 0.2) is 36.4 Å². The number of hydrogen-bond donors (Lipinski definition) is 0. The molecule has 4 nitrogen and oxygen atoms in total. The van der Waals surface area contributed by atoms with Gasteiger partial charge in [-0.2, -0.15) is 0 Å². The molecule has 1 aliphatic heterocycles. The van der Waals surface area contributed by atoms with Gasteiger partial charge in [0.25, 0.3) is 5.91 Å². The van der Waals surface area contributed by atoms with Crippen LogP contribution in [-0.2, 0) is 6.54 Å². The van der Waals surface area contributed by atoms with E-state index >= 15 is 0 Å². The first-order valence-electron chi connectivity index (χ1n) is 8.27. The van der Waals surface area contributed by atoms with E-state index in [0.717, 1.165) is 17.7 Å². The first-order valence-corrected chi connectivity index (χ1v) is 8.27. The zero-order valence-electron chi connectivity index (χ0n) is 14.3. The summed E-state index contributed by atoms with van der Waals surface area (Å²) in [6.07, 6.45) is 0. The van der Waals surface area contributed by atoms with Crippen LogP contribution < -0.4 is 4.74 Å². The Bertz CT molecular complexity index is 805. The molecule has 7 heteroatoms. The van der Waals surface area contributed by atoms with Gasteiger partial charge in [0.05, 0.1) is 12.7 Å². The highest BCUT2D eigenvalue weighted by atomic mass is 19.1. The lowest BCUT2D eigenvalue weighted by Gasteiger charge is -2.35. The van der Waals surface area contributed by atoms with Gasteiger partial charge in [-0.1, -0.05) is 0 Å². The Hall–Kier alpha value is -2.54. The molecular formula is C19H19F3N2O2. The van der Waals surface area contributed by atoms with Crippen LogP contribution in [0.2, 0.25) is 0 Å². The van der Waals surface area contributed by atoms with Crippen LogP contribution in [0.5, 0.6) is 5.75 Å². The molecule has 0 saturated carbocycles. The molecular weight excluding hydrogens is 345 g/mol. The van der Waals surface area contributed by atoms with Crippen LogP contribution in [0.3, 0.4) is 0 Å². The van der Waals surface area contributed by atoms with Gasteiger partial charge in [-0.05, 0) is 30.3 Å². The molecule has 0 atom stereocenters. The number of hydrogen-bond acceptors (Lipinski definition) is 3. The third-order valence-electron chi connectivity index (χ3n) is 4.46. The van der Waals surface area contributed by atoms with Crippen molar-refractivity contribution < 1.29 is 22.7 Å². The summed E-state index contributed by atoms with van der Waals surface area (Å²) in [5, 5.41) is 0. The Labute approximate surface area is 149 Å². The first kappa shape index (κ1) is 18.3. The van der Waals surface area contributed by atoms with E-state index in [4.69, 9.17) is 4.74 Å². The maximum absolute atomic E-state index is 13.8. The zero-order chi connectivity index (χ0) is 18.7. The first-order chi connectivity index (χ1) is 12.5. The van der Waals surface area contributed by atoms with E-state index in [-0.39, 0.29) is 11.4 Å². The average molecular weight is 364 g/mol. The number of piperazine rings is 1. The molecule has 0 aromatic heterocycles. The van der Waals surface area contributed by atoms with Crippen LogP contribution in [0.25, 0.3) is 0 Å². The molecule has 1 amide bonds. The zero-order valence-corrected chi connectivity index (χ0v) is 14.3. The Balaban J connectivity index is 1.62. The van der Waals surface area contributed by atoms with Gasteiger partial charge >= 0.3 is 0 Å². The molecule has 2 aromatic rings. The van der Waals surface area contributed by atoms with E-state index in [1.54, 1.807) is 6.07 Å². The minimum atomic E-state index is -0.859. The summed E-state index contributed by atoms with van der Waals surface area (Å²) in [7, 11) is 1.53. The fraction of sp³-hybridized carbons (Fsp3) is 0.316. The Morgan fingerprint density at radius 1 is 1.00 bits per heavy atom. The number of carbonyl (C=O) groups excluding carboxylic acids is 1. The molecule has 1 fully saturated rings. The Morgan fingerprint density at radius 3 is 2.31 bits per heavy atom. The van der Waals surface area contributed by atoms with Crippen LogP contribution in [-0.4, -0.2) is 49.0 Å². The molecule has 1 saturated heterocycles. The van der Waals surface area contributed by atoms with Gasteiger partial charge in [-0.15, -0.1) is 0 Å². The normalized spacial score (nSPS) is 15.2. The van der Waals surface area contributed by atoms with Gasteiger partial charge in [0.15, 0.2) is 0 Å². The predicted molar refractivity (Wildman–Crippen MR) is 90.5 cm³/mol. The number of nitrogens with zero attached hydrogens (tertiary/aromatic N) is 2. The largest absolute Gasteiger partial charge is 0.496 e. The van der Waals surface area contributed by atoms with Gasteiger partial charge < -0.3 is 9.64 Å². The number of methoxy groups -OCH3 is 1. The lowest BCUT2D eigenvalue weighted by molar-refractivity contribution is 0.0622. The van der Waals surface area contributed by atoms with Crippen molar-refractivity contribution in [2.75, 3.05) is 33.3 Å². The van der Waals surface area contributed by atoms with Crippen molar-refractivity contribution in [3.8, 4) is 5.75 Å². The maximum Gasteiger partial charge on any atom is 0.256 e. The molecule has 26 heavy (non-hydrogen) atoms. The number of amides is 1.